The van der Waals surface area contributed by atoms with Crippen LogP contribution in [0.2, 0.25) is 0 Å². The van der Waals surface area contributed by atoms with Crippen molar-refractivity contribution in [2.24, 2.45) is 11.8 Å². The van der Waals surface area contributed by atoms with Gasteiger partial charge in [-0.3, -0.25) is 14.4 Å². The van der Waals surface area contributed by atoms with Crippen LogP contribution in [0.3, 0.4) is 0 Å². The Bertz CT molecular complexity index is 1020. The Morgan fingerprint density at radius 1 is 0.971 bits per heavy atom. The van der Waals surface area contributed by atoms with Crippen LogP contribution in [0.1, 0.15) is 54.6 Å². The van der Waals surface area contributed by atoms with Crippen molar-refractivity contribution in [3.05, 3.63) is 47.8 Å². The number of benzene rings is 1. The minimum absolute atomic E-state index is 0.00902. The highest BCUT2D eigenvalue weighted by atomic mass is 19.4. The van der Waals surface area contributed by atoms with E-state index in [2.05, 4.69) is 15.7 Å². The average molecular weight is 497 g/mol. The lowest BCUT2D eigenvalue weighted by Crippen LogP contribution is -2.35. The minimum Gasteiger partial charge on any atom is -0.353 e. The highest BCUT2D eigenvalue weighted by Crippen LogP contribution is 2.32. The van der Waals surface area contributed by atoms with Crippen LogP contribution >= 0.6 is 0 Å². The number of rotatable bonds is 10. The molecular weight excluding hydrogens is 468 g/mol. The maximum Gasteiger partial charge on any atom is 0.435 e. The number of carbonyl (C=O) groups is 3. The van der Waals surface area contributed by atoms with E-state index in [9.17, 15) is 31.9 Å². The van der Waals surface area contributed by atoms with Gasteiger partial charge in [0.15, 0.2) is 5.69 Å². The summed E-state index contributed by atoms with van der Waals surface area (Å²) in [6.45, 7) is -0.594. The highest BCUT2D eigenvalue weighted by Gasteiger charge is 2.39. The summed E-state index contributed by atoms with van der Waals surface area (Å²) in [7, 11) is 0. The molecule has 0 bridgehead atoms. The number of nitrogens with one attached hydrogen (secondary N) is 2. The summed E-state index contributed by atoms with van der Waals surface area (Å²) < 4.78 is 53.5. The van der Waals surface area contributed by atoms with Crippen molar-refractivity contribution in [3.63, 3.8) is 0 Å². The van der Waals surface area contributed by atoms with Crippen molar-refractivity contribution in [2.75, 3.05) is 19.8 Å². The van der Waals surface area contributed by atoms with Crippen LogP contribution in [0.25, 0.3) is 5.69 Å². The molecule has 1 aromatic carbocycles. The van der Waals surface area contributed by atoms with Gasteiger partial charge < -0.3 is 10.6 Å². The number of halogens is 4. The van der Waals surface area contributed by atoms with Crippen LogP contribution < -0.4 is 10.6 Å². The molecular formula is C24H28F4N4O3. The van der Waals surface area contributed by atoms with E-state index in [-0.39, 0.29) is 49.5 Å². The quantitative estimate of drug-likeness (QED) is 0.386. The monoisotopic (exact) mass is 496 g/mol. The molecule has 1 aliphatic carbocycles. The van der Waals surface area contributed by atoms with Crippen molar-refractivity contribution in [2.45, 2.75) is 44.7 Å². The van der Waals surface area contributed by atoms with Gasteiger partial charge in [-0.25, -0.2) is 9.07 Å². The van der Waals surface area contributed by atoms with Gasteiger partial charge in [0.25, 0.3) is 5.91 Å². The molecule has 0 atom stereocenters. The predicted octanol–water partition coefficient (Wildman–Crippen LogP) is 3.86. The third-order valence-electron chi connectivity index (χ3n) is 6.08. The Hall–Kier alpha value is -3.24. The smallest absolute Gasteiger partial charge is 0.353 e. The standard InChI is InChI=1S/C24H28F4N4O3/c25-12-14-30-22(34)17-10-8-16(9-11-17)20(33)7-4-13-29-23(35)19-15-32(18-5-2-1-3-6-18)31-21(19)24(26,27)28/h1-3,5-6,15-17H,4,7-14H2,(H,29,35)(H,30,34). The van der Waals surface area contributed by atoms with Gasteiger partial charge in [0.2, 0.25) is 5.91 Å². The summed E-state index contributed by atoms with van der Waals surface area (Å²) in [5, 5.41) is 8.52. The number of alkyl halides is 4. The SMILES string of the molecule is O=C(NCCCC(=O)C1CCC(C(=O)NCCF)CC1)c1cn(-c2ccccc2)nc1C(F)(F)F. The van der Waals surface area contributed by atoms with Gasteiger partial charge >= 0.3 is 6.18 Å². The van der Waals surface area contributed by atoms with E-state index < -0.39 is 30.0 Å². The number of para-hydroxylation sites is 1. The molecule has 1 heterocycles. The van der Waals surface area contributed by atoms with E-state index >= 15 is 0 Å². The molecule has 7 nitrogen and oxygen atoms in total. The second-order valence-corrected chi connectivity index (χ2v) is 8.52. The molecule has 1 aromatic heterocycles. The molecule has 0 aliphatic heterocycles. The molecule has 35 heavy (non-hydrogen) atoms. The van der Waals surface area contributed by atoms with Crippen molar-refractivity contribution in [1.29, 1.82) is 0 Å². The topological polar surface area (TPSA) is 93.1 Å². The molecule has 0 radical (unpaired) electrons. The van der Waals surface area contributed by atoms with E-state index in [4.69, 9.17) is 0 Å². The van der Waals surface area contributed by atoms with Gasteiger partial charge in [-0.05, 0) is 44.2 Å². The van der Waals surface area contributed by atoms with E-state index in [1.807, 2.05) is 0 Å². The Morgan fingerprint density at radius 3 is 2.26 bits per heavy atom. The predicted molar refractivity (Wildman–Crippen MR) is 120 cm³/mol. The van der Waals surface area contributed by atoms with Crippen molar-refractivity contribution >= 4 is 17.6 Å². The van der Waals surface area contributed by atoms with Crippen LogP contribution in [-0.2, 0) is 15.8 Å². The summed E-state index contributed by atoms with van der Waals surface area (Å²) in [5.74, 6) is -1.49. The third-order valence-corrected chi connectivity index (χ3v) is 6.08. The Labute approximate surface area is 200 Å². The number of nitrogens with zero attached hydrogens (tertiary/aromatic N) is 2. The lowest BCUT2D eigenvalue weighted by Gasteiger charge is -2.26. The fourth-order valence-electron chi connectivity index (χ4n) is 4.22. The van der Waals surface area contributed by atoms with Crippen molar-refractivity contribution < 1.29 is 31.9 Å². The van der Waals surface area contributed by atoms with Crippen LogP contribution in [-0.4, -0.2) is 47.1 Å². The molecule has 190 valence electrons. The molecule has 2 amide bonds. The molecule has 1 aliphatic rings. The number of amides is 2. The van der Waals surface area contributed by atoms with Gasteiger partial charge in [0, 0.05) is 37.5 Å². The number of ketones is 1. The van der Waals surface area contributed by atoms with Crippen LogP contribution in [0.4, 0.5) is 17.6 Å². The summed E-state index contributed by atoms with van der Waals surface area (Å²) in [6.07, 6.45) is -1.06. The molecule has 0 spiro atoms. The van der Waals surface area contributed by atoms with Gasteiger partial charge in [0.05, 0.1) is 11.3 Å². The lowest BCUT2D eigenvalue weighted by molar-refractivity contribution is -0.141. The normalized spacial score (nSPS) is 18.2. The molecule has 0 unspecified atom stereocenters. The lowest BCUT2D eigenvalue weighted by atomic mass is 9.79. The zero-order valence-electron chi connectivity index (χ0n) is 19.1. The minimum atomic E-state index is -4.80. The zero-order chi connectivity index (χ0) is 25.4. The molecule has 2 N–H and O–H groups in total. The first kappa shape index (κ1) is 26.4. The first-order chi connectivity index (χ1) is 16.7. The summed E-state index contributed by atoms with van der Waals surface area (Å²) in [5.41, 5.74) is -1.48. The Morgan fingerprint density at radius 2 is 1.63 bits per heavy atom. The largest absolute Gasteiger partial charge is 0.435 e. The van der Waals surface area contributed by atoms with Crippen molar-refractivity contribution in [1.82, 2.24) is 20.4 Å². The van der Waals surface area contributed by atoms with Crippen LogP contribution in [0.15, 0.2) is 36.5 Å². The first-order valence-corrected chi connectivity index (χ1v) is 11.6. The molecule has 2 aromatic rings. The Balaban J connectivity index is 1.48. The fraction of sp³-hybridized carbons (Fsp3) is 0.500. The van der Waals surface area contributed by atoms with E-state index in [0.717, 1.165) is 10.9 Å². The maximum atomic E-state index is 13.4. The number of hydrogen-bond donors (Lipinski definition) is 2. The third kappa shape index (κ3) is 7.12. The molecule has 3 rings (SSSR count). The second kappa shape index (κ2) is 11.9. The van der Waals surface area contributed by atoms with Crippen molar-refractivity contribution in [3.8, 4) is 5.69 Å². The van der Waals surface area contributed by atoms with Gasteiger partial charge in [-0.2, -0.15) is 18.3 Å². The van der Waals surface area contributed by atoms with E-state index in [1.54, 1.807) is 30.3 Å². The first-order valence-electron chi connectivity index (χ1n) is 11.6. The van der Waals surface area contributed by atoms with Crippen LogP contribution in [0, 0.1) is 11.8 Å². The zero-order valence-corrected chi connectivity index (χ0v) is 19.1. The average Bonchev–Trinajstić information content (AvgIpc) is 3.32. The second-order valence-electron chi connectivity index (χ2n) is 8.52. The summed E-state index contributed by atoms with van der Waals surface area (Å²) in [6, 6.07) is 8.16. The molecule has 1 saturated carbocycles. The van der Waals surface area contributed by atoms with Gasteiger partial charge in [-0.15, -0.1) is 0 Å². The fourth-order valence-corrected chi connectivity index (χ4v) is 4.22. The number of carbonyl (C=O) groups excluding carboxylic acids is 3. The number of Topliss-reactive ketones (excluding diaryl/α,β-unsaturated/α-hetero) is 1. The molecule has 0 saturated heterocycles. The summed E-state index contributed by atoms with van der Waals surface area (Å²) >= 11 is 0. The molecule has 11 heteroatoms. The van der Waals surface area contributed by atoms with E-state index in [1.165, 1.54) is 0 Å². The molecule has 1 fully saturated rings. The Kier molecular flexibility index (Phi) is 9.00. The number of aromatic nitrogens is 2. The van der Waals surface area contributed by atoms with Gasteiger partial charge in [0.1, 0.15) is 12.5 Å². The maximum absolute atomic E-state index is 13.4. The van der Waals surface area contributed by atoms with Crippen LogP contribution in [0.5, 0.6) is 0 Å². The number of hydrogen-bond acceptors (Lipinski definition) is 4. The van der Waals surface area contributed by atoms with Gasteiger partial charge in [-0.1, -0.05) is 18.2 Å². The summed E-state index contributed by atoms with van der Waals surface area (Å²) in [4.78, 5) is 36.9. The van der Waals surface area contributed by atoms with E-state index in [0.29, 0.717) is 31.4 Å². The highest BCUT2D eigenvalue weighted by molar-refractivity contribution is 5.95.